The Balaban J connectivity index is 1.60. The second-order valence-corrected chi connectivity index (χ2v) is 6.41. The zero-order chi connectivity index (χ0) is 19.9. The van der Waals surface area contributed by atoms with E-state index in [1.54, 1.807) is 54.7 Å². The number of phenols is 1. The molecule has 142 valence electrons. The summed E-state index contributed by atoms with van der Waals surface area (Å²) in [5, 5.41) is 15.3. The molecule has 2 aromatic carbocycles. The van der Waals surface area contributed by atoms with Gasteiger partial charge in [0.25, 0.3) is 0 Å². The van der Waals surface area contributed by atoms with E-state index in [0.29, 0.717) is 17.1 Å². The molecule has 6 heteroatoms. The van der Waals surface area contributed by atoms with Crippen LogP contribution in [0, 0.1) is 6.92 Å². The van der Waals surface area contributed by atoms with Crippen molar-refractivity contribution in [3.8, 4) is 5.75 Å². The third-order valence-corrected chi connectivity index (χ3v) is 4.16. The van der Waals surface area contributed by atoms with Gasteiger partial charge in [-0.15, -0.1) is 0 Å². The molecule has 0 unspecified atom stereocenters. The minimum atomic E-state index is -0.262. The number of aryl methyl sites for hydroxylation is 1. The fourth-order valence-electron chi connectivity index (χ4n) is 2.61. The van der Waals surface area contributed by atoms with Crippen molar-refractivity contribution in [2.24, 2.45) is 0 Å². The zero-order valence-electron chi connectivity index (χ0n) is 15.5. The van der Waals surface area contributed by atoms with E-state index in [1.807, 2.05) is 19.1 Å². The summed E-state index contributed by atoms with van der Waals surface area (Å²) < 4.78 is 0. The summed E-state index contributed by atoms with van der Waals surface area (Å²) in [5.41, 5.74) is 2.93. The maximum absolute atomic E-state index is 12.3. The largest absolute Gasteiger partial charge is 0.508 e. The minimum absolute atomic E-state index is 0.0659. The summed E-state index contributed by atoms with van der Waals surface area (Å²) >= 11 is 0. The summed E-state index contributed by atoms with van der Waals surface area (Å²) in [6.45, 7) is 1.96. The third-order valence-electron chi connectivity index (χ3n) is 4.16. The van der Waals surface area contributed by atoms with Crippen LogP contribution in [-0.4, -0.2) is 21.8 Å². The van der Waals surface area contributed by atoms with Crippen molar-refractivity contribution in [3.05, 3.63) is 78.0 Å². The summed E-state index contributed by atoms with van der Waals surface area (Å²) in [7, 11) is 0. The Morgan fingerprint density at radius 1 is 0.964 bits per heavy atom. The van der Waals surface area contributed by atoms with Gasteiger partial charge in [-0.05, 0) is 43.3 Å². The van der Waals surface area contributed by atoms with E-state index in [2.05, 4.69) is 15.6 Å². The van der Waals surface area contributed by atoms with E-state index in [1.165, 1.54) is 0 Å². The number of anilines is 3. The highest BCUT2D eigenvalue weighted by atomic mass is 16.3. The maximum Gasteiger partial charge on any atom is 0.224 e. The molecule has 1 amide bonds. The highest BCUT2D eigenvalue weighted by molar-refractivity contribution is 6.00. The fourth-order valence-corrected chi connectivity index (χ4v) is 2.61. The van der Waals surface area contributed by atoms with Gasteiger partial charge in [0.15, 0.2) is 11.6 Å². The van der Waals surface area contributed by atoms with Gasteiger partial charge in [-0.25, -0.2) is 4.98 Å². The number of pyridine rings is 1. The molecule has 3 N–H and O–H groups in total. The molecule has 1 heterocycles. The number of hydrogen-bond acceptors (Lipinski definition) is 5. The predicted molar refractivity (Wildman–Crippen MR) is 109 cm³/mol. The summed E-state index contributed by atoms with van der Waals surface area (Å²) in [5.74, 6) is 0.315. The number of ketones is 1. The van der Waals surface area contributed by atoms with Gasteiger partial charge in [0, 0.05) is 30.3 Å². The van der Waals surface area contributed by atoms with Crippen LogP contribution >= 0.6 is 0 Å². The van der Waals surface area contributed by atoms with Gasteiger partial charge in [0.1, 0.15) is 5.75 Å². The monoisotopic (exact) mass is 375 g/mol. The molecule has 1 aromatic heterocycles. The Bertz CT molecular complexity index is 967. The van der Waals surface area contributed by atoms with E-state index in [9.17, 15) is 14.7 Å². The smallest absolute Gasteiger partial charge is 0.224 e. The van der Waals surface area contributed by atoms with Crippen LogP contribution in [0.5, 0.6) is 5.75 Å². The number of nitrogens with one attached hydrogen (secondary N) is 2. The third kappa shape index (κ3) is 5.17. The molecule has 28 heavy (non-hydrogen) atoms. The lowest BCUT2D eigenvalue weighted by Crippen LogP contribution is -2.15. The zero-order valence-corrected chi connectivity index (χ0v) is 15.5. The lowest BCUT2D eigenvalue weighted by Gasteiger charge is -2.12. The van der Waals surface area contributed by atoms with Crippen molar-refractivity contribution in [3.63, 3.8) is 0 Å². The Kier molecular flexibility index (Phi) is 6.01. The first-order chi connectivity index (χ1) is 13.5. The number of rotatable bonds is 7. The lowest BCUT2D eigenvalue weighted by atomic mass is 10.0. The topological polar surface area (TPSA) is 91.3 Å². The number of amides is 1. The van der Waals surface area contributed by atoms with Crippen LogP contribution < -0.4 is 10.6 Å². The molecule has 0 radical (unpaired) electrons. The first kappa shape index (κ1) is 19.1. The van der Waals surface area contributed by atoms with Gasteiger partial charge in [0.05, 0.1) is 5.69 Å². The Labute approximate surface area is 163 Å². The van der Waals surface area contributed by atoms with Gasteiger partial charge in [-0.2, -0.15) is 0 Å². The average Bonchev–Trinajstić information content (AvgIpc) is 2.70. The van der Waals surface area contributed by atoms with Crippen LogP contribution in [0.4, 0.5) is 17.2 Å². The van der Waals surface area contributed by atoms with E-state index in [0.717, 1.165) is 11.3 Å². The number of carbonyl (C=O) groups is 2. The first-order valence-electron chi connectivity index (χ1n) is 8.92. The van der Waals surface area contributed by atoms with E-state index in [4.69, 9.17) is 0 Å². The fraction of sp³-hybridized carbons (Fsp3) is 0.136. The molecule has 0 aliphatic carbocycles. The standard InChI is InChI=1S/C22H21N3O3/c1-15-4-6-16(7-5-15)20(27)12-13-21(28)25-19-3-2-14-23-22(19)24-17-8-10-18(26)11-9-17/h2-11,14,26H,12-13H2,1H3,(H,23,24)(H,25,28). The van der Waals surface area contributed by atoms with Crippen LogP contribution in [0.1, 0.15) is 28.8 Å². The molecule has 0 spiro atoms. The number of aromatic nitrogens is 1. The van der Waals surface area contributed by atoms with Crippen molar-refractivity contribution in [1.82, 2.24) is 4.98 Å². The van der Waals surface area contributed by atoms with Crippen molar-refractivity contribution < 1.29 is 14.7 Å². The molecular weight excluding hydrogens is 354 g/mol. The molecule has 0 atom stereocenters. The van der Waals surface area contributed by atoms with Crippen LogP contribution in [-0.2, 0) is 4.79 Å². The maximum atomic E-state index is 12.3. The van der Waals surface area contributed by atoms with Crippen LogP contribution in [0.3, 0.4) is 0 Å². The normalized spacial score (nSPS) is 10.3. The van der Waals surface area contributed by atoms with Crippen molar-refractivity contribution >= 4 is 28.9 Å². The molecule has 3 aromatic rings. The predicted octanol–water partition coefficient (Wildman–Crippen LogP) is 4.44. The number of nitrogens with zero attached hydrogens (tertiary/aromatic N) is 1. The number of aromatic hydroxyl groups is 1. The average molecular weight is 375 g/mol. The van der Waals surface area contributed by atoms with Gasteiger partial charge in [0.2, 0.25) is 5.91 Å². The van der Waals surface area contributed by atoms with Crippen LogP contribution in [0.2, 0.25) is 0 Å². The Morgan fingerprint density at radius 3 is 2.39 bits per heavy atom. The minimum Gasteiger partial charge on any atom is -0.508 e. The molecule has 0 bridgehead atoms. The lowest BCUT2D eigenvalue weighted by molar-refractivity contribution is -0.116. The van der Waals surface area contributed by atoms with Gasteiger partial charge < -0.3 is 15.7 Å². The SMILES string of the molecule is Cc1ccc(C(=O)CCC(=O)Nc2cccnc2Nc2ccc(O)cc2)cc1. The number of hydrogen-bond donors (Lipinski definition) is 3. The van der Waals surface area contributed by atoms with Gasteiger partial charge >= 0.3 is 0 Å². The highest BCUT2D eigenvalue weighted by Crippen LogP contribution is 2.24. The summed E-state index contributed by atoms with van der Waals surface area (Å²) in [6.07, 6.45) is 1.83. The van der Waals surface area contributed by atoms with E-state index >= 15 is 0 Å². The number of carbonyl (C=O) groups excluding carboxylic acids is 2. The first-order valence-corrected chi connectivity index (χ1v) is 8.92. The molecule has 0 saturated carbocycles. The Hall–Kier alpha value is -3.67. The van der Waals surface area contributed by atoms with Gasteiger partial charge in [-0.3, -0.25) is 9.59 Å². The number of benzene rings is 2. The highest BCUT2D eigenvalue weighted by Gasteiger charge is 2.12. The molecule has 0 aliphatic heterocycles. The van der Waals surface area contributed by atoms with Crippen molar-refractivity contribution in [1.29, 1.82) is 0 Å². The van der Waals surface area contributed by atoms with Crippen LogP contribution in [0.25, 0.3) is 0 Å². The molecule has 6 nitrogen and oxygen atoms in total. The number of Topliss-reactive ketones (excluding diaryl/α,β-unsaturated/α-hetero) is 1. The van der Waals surface area contributed by atoms with E-state index < -0.39 is 0 Å². The van der Waals surface area contributed by atoms with Gasteiger partial charge in [-0.1, -0.05) is 29.8 Å². The summed E-state index contributed by atoms with van der Waals surface area (Å²) in [4.78, 5) is 28.8. The quantitative estimate of drug-likeness (QED) is 0.419. The molecular formula is C22H21N3O3. The van der Waals surface area contributed by atoms with Crippen molar-refractivity contribution in [2.45, 2.75) is 19.8 Å². The Morgan fingerprint density at radius 2 is 1.68 bits per heavy atom. The molecule has 0 saturated heterocycles. The molecule has 3 rings (SSSR count). The number of phenolic OH excluding ortho intramolecular Hbond substituents is 1. The van der Waals surface area contributed by atoms with Crippen molar-refractivity contribution in [2.75, 3.05) is 10.6 Å². The molecule has 0 fully saturated rings. The molecule has 0 aliphatic rings. The second kappa shape index (κ2) is 8.81. The van der Waals surface area contributed by atoms with Crippen LogP contribution in [0.15, 0.2) is 66.9 Å². The summed E-state index contributed by atoms with van der Waals surface area (Å²) in [6, 6.07) is 17.3. The second-order valence-electron chi connectivity index (χ2n) is 6.41. The van der Waals surface area contributed by atoms with E-state index in [-0.39, 0.29) is 30.3 Å².